The van der Waals surface area contributed by atoms with E-state index < -0.39 is 0 Å². The Balaban J connectivity index is 0.000000250. The van der Waals surface area contributed by atoms with Crippen LogP contribution in [0.1, 0.15) is 124 Å². The Morgan fingerprint density at radius 3 is 1.59 bits per heavy atom. The maximum atomic E-state index is 11.1. The van der Waals surface area contributed by atoms with E-state index >= 15 is 0 Å². The van der Waals surface area contributed by atoms with Gasteiger partial charge < -0.3 is 0 Å². The third-order valence-electron chi connectivity index (χ3n) is 8.86. The number of hydrogen-bond acceptors (Lipinski definition) is 2. The minimum absolute atomic E-state index is 0.106. The molecule has 4 rings (SSSR count). The zero-order chi connectivity index (χ0) is 25.3. The van der Waals surface area contributed by atoms with Crippen molar-refractivity contribution in [3.05, 3.63) is 12.2 Å². The summed E-state index contributed by atoms with van der Waals surface area (Å²) in [4.78, 5) is 22.1. The van der Waals surface area contributed by atoms with E-state index in [1.807, 2.05) is 6.08 Å². The molecule has 0 heterocycles. The Hall–Kier alpha value is 0.539. The number of halogens is 2. The normalized spacial score (nSPS) is 22.9. The first-order valence-corrected chi connectivity index (χ1v) is 20.4. The van der Waals surface area contributed by atoms with E-state index in [0.717, 1.165) is 25.7 Å². The Labute approximate surface area is 228 Å². The average molecular weight is 624 g/mol. The summed E-state index contributed by atoms with van der Waals surface area (Å²) in [7, 11) is 9.46. The number of carbonyl (C=O) groups is 2. The van der Waals surface area contributed by atoms with E-state index in [2.05, 4.69) is 26.8 Å². The van der Waals surface area contributed by atoms with Crippen LogP contribution in [-0.2, 0) is 25.5 Å². The molecule has 0 aliphatic heterocycles. The van der Waals surface area contributed by atoms with Crippen molar-refractivity contribution in [2.24, 2.45) is 10.8 Å². The van der Waals surface area contributed by atoms with Crippen molar-refractivity contribution in [2.45, 2.75) is 142 Å². The second-order valence-corrected chi connectivity index (χ2v) is 17.5. The van der Waals surface area contributed by atoms with E-state index in [0.29, 0.717) is 22.4 Å². The van der Waals surface area contributed by atoms with Crippen LogP contribution in [0.2, 0.25) is 18.1 Å². The molecule has 0 aromatic carbocycles. The average Bonchev–Trinajstić information content (AvgIpc) is 2.87. The summed E-state index contributed by atoms with van der Waals surface area (Å²) in [6.07, 6.45) is 23.9. The van der Waals surface area contributed by atoms with Crippen molar-refractivity contribution in [3.63, 3.8) is 0 Å². The molecule has 0 N–H and O–H groups in total. The second kappa shape index (κ2) is 18.7. The molecule has 0 amide bonds. The molecular formula is C28H50Cl2O2PdSi. The van der Waals surface area contributed by atoms with Crippen LogP contribution < -0.4 is 0 Å². The van der Waals surface area contributed by atoms with E-state index in [9.17, 15) is 9.59 Å². The monoisotopic (exact) mass is 622 g/mol. The predicted octanol–water partition coefficient (Wildman–Crippen LogP) is 9.59. The molecule has 4 aliphatic carbocycles. The van der Waals surface area contributed by atoms with Gasteiger partial charge in [-0.05, 0) is 61.9 Å². The van der Waals surface area contributed by atoms with Gasteiger partial charge in [-0.1, -0.05) is 83.5 Å². The van der Waals surface area contributed by atoms with Gasteiger partial charge in [-0.15, -0.1) is 0 Å². The molecule has 34 heavy (non-hydrogen) atoms. The van der Waals surface area contributed by atoms with Gasteiger partial charge in [-0.3, -0.25) is 9.59 Å². The number of rotatable bonds is 3. The molecular weight excluding hydrogens is 574 g/mol. The Kier molecular flexibility index (Phi) is 17.9. The molecule has 0 aromatic heterocycles. The number of allylic oxidation sites excluding steroid dienone is 2. The first-order chi connectivity index (χ1) is 16.4. The molecule has 202 valence electrons. The zero-order valence-corrected chi connectivity index (χ0v) is 26.3. The number of carbonyl (C=O) groups excluding carboxylic acids is 2. The number of ketones is 2. The van der Waals surface area contributed by atoms with Crippen molar-refractivity contribution in [1.82, 2.24) is 0 Å². The van der Waals surface area contributed by atoms with Gasteiger partial charge in [0.05, 0.1) is 0 Å². The standard InChI is InChI=1S/C11H18O.C11H16O.C6H16Si.2ClH.Pd/c2*12-10-4-8-11(9-5-10)6-2-1-3-7-11;1-4-7(5-2)6-3;;;/h1-9H2;4,8H,1-3,5-7,9H2;7H,4-6H2,1-3H3;2*1H;/q;;;;;+2/p-2. The van der Waals surface area contributed by atoms with Crippen molar-refractivity contribution >= 4 is 39.4 Å². The topological polar surface area (TPSA) is 34.1 Å². The van der Waals surface area contributed by atoms with Crippen LogP contribution in [0, 0.1) is 10.8 Å². The summed E-state index contributed by atoms with van der Waals surface area (Å²) >= 11 is -0.106. The van der Waals surface area contributed by atoms with Crippen molar-refractivity contribution in [3.8, 4) is 0 Å². The Morgan fingerprint density at radius 1 is 0.735 bits per heavy atom. The fraction of sp³-hybridized carbons (Fsp3) is 0.857. The van der Waals surface area contributed by atoms with E-state index in [-0.39, 0.29) is 24.7 Å². The fourth-order valence-electron chi connectivity index (χ4n) is 6.21. The summed E-state index contributed by atoms with van der Waals surface area (Å²) < 4.78 is 0. The molecule has 0 atom stereocenters. The van der Waals surface area contributed by atoms with Crippen LogP contribution in [-0.4, -0.2) is 20.4 Å². The van der Waals surface area contributed by atoms with Crippen LogP contribution in [0.25, 0.3) is 0 Å². The van der Waals surface area contributed by atoms with Crippen LogP contribution in [0.4, 0.5) is 0 Å². The quantitative estimate of drug-likeness (QED) is 0.293. The van der Waals surface area contributed by atoms with Crippen molar-refractivity contribution in [1.29, 1.82) is 0 Å². The molecule has 0 bridgehead atoms. The van der Waals surface area contributed by atoms with Gasteiger partial charge in [0.15, 0.2) is 5.78 Å². The molecule has 3 saturated carbocycles. The molecule has 0 radical (unpaired) electrons. The molecule has 3 fully saturated rings. The van der Waals surface area contributed by atoms with Gasteiger partial charge >= 0.3 is 35.0 Å². The van der Waals surface area contributed by atoms with Crippen LogP contribution in [0.15, 0.2) is 12.2 Å². The number of hydrogen-bond donors (Lipinski definition) is 0. The predicted molar refractivity (Wildman–Crippen MR) is 148 cm³/mol. The molecule has 4 aliphatic rings. The van der Waals surface area contributed by atoms with Gasteiger partial charge in [-0.2, -0.15) is 0 Å². The summed E-state index contributed by atoms with van der Waals surface area (Å²) in [6, 6.07) is 4.48. The van der Waals surface area contributed by atoms with Crippen LogP contribution in [0.5, 0.6) is 0 Å². The number of Topliss-reactive ketones (excluding diaryl/α,β-unsaturated/α-hetero) is 1. The van der Waals surface area contributed by atoms with Crippen LogP contribution in [0.3, 0.4) is 0 Å². The summed E-state index contributed by atoms with van der Waals surface area (Å²) in [5, 5.41) is 0. The second-order valence-electron chi connectivity index (χ2n) is 11.0. The zero-order valence-electron chi connectivity index (χ0n) is 22.1. The fourth-order valence-corrected chi connectivity index (χ4v) is 7.94. The third kappa shape index (κ3) is 12.7. The summed E-state index contributed by atoms with van der Waals surface area (Å²) in [5.74, 6) is 0.831. The molecule has 2 nitrogen and oxygen atoms in total. The van der Waals surface area contributed by atoms with E-state index in [1.54, 1.807) is 0 Å². The summed E-state index contributed by atoms with van der Waals surface area (Å²) in [5.41, 5.74) is 1.05. The first kappa shape index (κ1) is 32.6. The van der Waals surface area contributed by atoms with Gasteiger partial charge in [0, 0.05) is 28.1 Å². The van der Waals surface area contributed by atoms with Crippen molar-refractivity contribution in [2.75, 3.05) is 0 Å². The molecule has 0 unspecified atom stereocenters. The minimum atomic E-state index is -0.171. The molecule has 2 spiro atoms. The van der Waals surface area contributed by atoms with E-state index in [4.69, 9.17) is 19.1 Å². The summed E-state index contributed by atoms with van der Waals surface area (Å²) in [6.45, 7) is 6.97. The van der Waals surface area contributed by atoms with Crippen LogP contribution >= 0.6 is 19.1 Å². The molecule has 0 saturated heterocycles. The van der Waals surface area contributed by atoms with E-state index in [1.165, 1.54) is 95.2 Å². The molecule has 6 heteroatoms. The van der Waals surface area contributed by atoms with Gasteiger partial charge in [0.2, 0.25) is 0 Å². The van der Waals surface area contributed by atoms with Gasteiger partial charge in [-0.25, -0.2) is 0 Å². The Bertz CT molecular complexity index is 578. The maximum absolute atomic E-state index is 11.1. The molecule has 0 aromatic rings. The van der Waals surface area contributed by atoms with Gasteiger partial charge in [0.25, 0.3) is 0 Å². The SMILES string of the molecule is CC[SiH](CC)CC.O=C1C=CC2(CCCCC2)CC1.O=C1CCC2(CCCCC2)CC1.[Cl][Pd][Cl]. The third-order valence-corrected chi connectivity index (χ3v) is 12.3. The first-order valence-electron chi connectivity index (χ1n) is 13.9. The Morgan fingerprint density at radius 2 is 1.21 bits per heavy atom. The van der Waals surface area contributed by atoms with Gasteiger partial charge in [0.1, 0.15) is 5.78 Å². The van der Waals surface area contributed by atoms with Crippen molar-refractivity contribution < 1.29 is 25.5 Å².